The Labute approximate surface area is 158 Å². The minimum atomic E-state index is -0.182. The molecular formula is C22H22N2O3. The van der Waals surface area contributed by atoms with Crippen molar-refractivity contribution in [1.82, 2.24) is 10.0 Å². The highest BCUT2D eigenvalue weighted by molar-refractivity contribution is 6.21. The lowest BCUT2D eigenvalue weighted by Crippen LogP contribution is -2.54. The second kappa shape index (κ2) is 6.20. The van der Waals surface area contributed by atoms with Crippen LogP contribution in [0.4, 0.5) is 0 Å². The Morgan fingerprint density at radius 1 is 0.963 bits per heavy atom. The van der Waals surface area contributed by atoms with E-state index in [9.17, 15) is 9.59 Å². The smallest absolute Gasteiger partial charge is 0.276 e. The summed E-state index contributed by atoms with van der Waals surface area (Å²) < 4.78 is 5.40. The van der Waals surface area contributed by atoms with Gasteiger partial charge in [0.05, 0.1) is 18.2 Å². The molecule has 3 atom stereocenters. The third-order valence-electron chi connectivity index (χ3n) is 6.27. The average Bonchev–Trinajstić information content (AvgIpc) is 3.07. The fraction of sp³-hybridized carbons (Fsp3) is 0.364. The van der Waals surface area contributed by atoms with E-state index in [1.165, 1.54) is 10.6 Å². The van der Waals surface area contributed by atoms with Gasteiger partial charge >= 0.3 is 0 Å². The summed E-state index contributed by atoms with van der Waals surface area (Å²) in [6, 6.07) is 15.7. The molecule has 5 nitrogen and oxygen atoms in total. The van der Waals surface area contributed by atoms with E-state index in [4.69, 9.17) is 4.74 Å². The Morgan fingerprint density at radius 3 is 2.41 bits per heavy atom. The van der Waals surface area contributed by atoms with Gasteiger partial charge in [-0.25, -0.2) is 10.0 Å². The topological polar surface area (TPSA) is 49.9 Å². The zero-order chi connectivity index (χ0) is 18.5. The number of hydrazine groups is 1. The summed E-state index contributed by atoms with van der Waals surface area (Å²) in [5, 5.41) is 3.53. The van der Waals surface area contributed by atoms with Crippen molar-refractivity contribution < 1.29 is 14.3 Å². The normalized spacial score (nSPS) is 27.1. The number of hydrogen-bond acceptors (Lipinski definition) is 4. The van der Waals surface area contributed by atoms with Gasteiger partial charge in [-0.3, -0.25) is 9.59 Å². The predicted molar refractivity (Wildman–Crippen MR) is 101 cm³/mol. The maximum atomic E-state index is 13.0. The maximum absolute atomic E-state index is 13.0. The monoisotopic (exact) mass is 362 g/mol. The van der Waals surface area contributed by atoms with Gasteiger partial charge < -0.3 is 4.74 Å². The number of fused-ring (bicyclic) bond motifs is 3. The molecule has 3 heterocycles. The molecule has 2 aromatic carbocycles. The molecule has 0 aromatic heterocycles. The van der Waals surface area contributed by atoms with Gasteiger partial charge in [0.15, 0.2) is 0 Å². The first-order chi connectivity index (χ1) is 13.2. The fourth-order valence-electron chi connectivity index (χ4n) is 5.09. The first-order valence-corrected chi connectivity index (χ1v) is 9.59. The summed E-state index contributed by atoms with van der Waals surface area (Å²) in [4.78, 5) is 26.0. The highest BCUT2D eigenvalue weighted by Gasteiger charge is 2.52. The molecule has 0 unspecified atom stereocenters. The Hall–Kier alpha value is -2.66. The zero-order valence-electron chi connectivity index (χ0n) is 15.3. The van der Waals surface area contributed by atoms with E-state index < -0.39 is 0 Å². The van der Waals surface area contributed by atoms with Crippen LogP contribution < -0.4 is 4.74 Å². The van der Waals surface area contributed by atoms with Gasteiger partial charge in [0.1, 0.15) is 5.75 Å². The van der Waals surface area contributed by atoms with Crippen LogP contribution >= 0.6 is 0 Å². The van der Waals surface area contributed by atoms with Crippen LogP contribution in [0.2, 0.25) is 0 Å². The Morgan fingerprint density at radius 2 is 1.70 bits per heavy atom. The van der Waals surface area contributed by atoms with Crippen LogP contribution in [0.5, 0.6) is 5.75 Å². The van der Waals surface area contributed by atoms with Gasteiger partial charge in [-0.05, 0) is 49.1 Å². The summed E-state index contributed by atoms with van der Waals surface area (Å²) >= 11 is 0. The van der Waals surface area contributed by atoms with E-state index in [0.29, 0.717) is 17.0 Å². The van der Waals surface area contributed by atoms with Crippen molar-refractivity contribution in [2.45, 2.75) is 43.7 Å². The number of hydrogen-bond donors (Lipinski definition) is 0. The summed E-state index contributed by atoms with van der Waals surface area (Å²) in [5.74, 6) is 0.788. The zero-order valence-corrected chi connectivity index (χ0v) is 15.3. The number of carbonyl (C=O) groups excluding carboxylic acids is 2. The lowest BCUT2D eigenvalue weighted by Gasteiger charge is -2.40. The molecule has 2 bridgehead atoms. The number of nitrogens with zero attached hydrogens (tertiary/aromatic N) is 2. The highest BCUT2D eigenvalue weighted by Crippen LogP contribution is 2.47. The second-order valence-electron chi connectivity index (χ2n) is 7.62. The number of rotatable bonds is 3. The lowest BCUT2D eigenvalue weighted by molar-refractivity contribution is -0.0415. The number of ether oxygens (including phenoxy) is 1. The molecule has 3 aliphatic heterocycles. The molecule has 27 heavy (non-hydrogen) atoms. The van der Waals surface area contributed by atoms with Crippen LogP contribution in [0.25, 0.3) is 0 Å². The summed E-state index contributed by atoms with van der Waals surface area (Å²) in [6.45, 7) is 0. The van der Waals surface area contributed by atoms with Crippen LogP contribution in [0.15, 0.2) is 48.5 Å². The Bertz CT molecular complexity index is 890. The first-order valence-electron chi connectivity index (χ1n) is 9.59. The van der Waals surface area contributed by atoms with Crippen molar-refractivity contribution in [2.24, 2.45) is 0 Å². The molecular weight excluding hydrogens is 340 g/mol. The summed E-state index contributed by atoms with van der Waals surface area (Å²) in [5.41, 5.74) is 2.26. The number of carbonyl (C=O) groups is 2. The van der Waals surface area contributed by atoms with Crippen LogP contribution in [-0.2, 0) is 0 Å². The minimum Gasteiger partial charge on any atom is -0.497 e. The molecule has 0 spiro atoms. The van der Waals surface area contributed by atoms with Gasteiger partial charge in [-0.15, -0.1) is 0 Å². The first kappa shape index (κ1) is 16.5. The van der Waals surface area contributed by atoms with Crippen LogP contribution in [-0.4, -0.2) is 41.0 Å². The standard InChI is InChI=1S/C22H22N2O3/c1-27-16-8-4-6-14(12-16)19-13-15-7-5-11-20(19)23(15)24-21(25)17-9-2-3-10-18(17)22(24)26/h2-4,6,8-10,12,15,19-20H,5,7,11,13H2,1H3/t15-,19+,20+/m0/s1. The molecule has 2 amide bonds. The second-order valence-corrected chi connectivity index (χ2v) is 7.62. The Kier molecular flexibility index (Phi) is 3.79. The molecule has 5 heteroatoms. The molecule has 2 saturated heterocycles. The maximum Gasteiger partial charge on any atom is 0.276 e. The van der Waals surface area contributed by atoms with Crippen molar-refractivity contribution in [3.63, 3.8) is 0 Å². The molecule has 5 rings (SSSR count). The number of imide groups is 1. The van der Waals surface area contributed by atoms with E-state index in [2.05, 4.69) is 17.1 Å². The van der Waals surface area contributed by atoms with Gasteiger partial charge in [-0.2, -0.15) is 0 Å². The highest BCUT2D eigenvalue weighted by atomic mass is 16.5. The van der Waals surface area contributed by atoms with Crippen molar-refractivity contribution in [3.05, 3.63) is 65.2 Å². The molecule has 0 N–H and O–H groups in total. The third kappa shape index (κ3) is 2.42. The van der Waals surface area contributed by atoms with Crippen molar-refractivity contribution in [3.8, 4) is 5.75 Å². The molecule has 0 saturated carbocycles. The largest absolute Gasteiger partial charge is 0.497 e. The molecule has 2 aromatic rings. The van der Waals surface area contributed by atoms with Gasteiger partial charge in [-0.1, -0.05) is 30.7 Å². The van der Waals surface area contributed by atoms with E-state index >= 15 is 0 Å². The average molecular weight is 362 g/mol. The molecule has 138 valence electrons. The van der Waals surface area contributed by atoms with Crippen LogP contribution in [0, 0.1) is 0 Å². The fourth-order valence-corrected chi connectivity index (χ4v) is 5.09. The summed E-state index contributed by atoms with van der Waals surface area (Å²) in [7, 11) is 1.68. The minimum absolute atomic E-state index is 0.165. The molecule has 0 radical (unpaired) electrons. The van der Waals surface area contributed by atoms with Crippen molar-refractivity contribution in [1.29, 1.82) is 0 Å². The Balaban J connectivity index is 1.51. The number of piperidine rings is 1. The van der Waals surface area contributed by atoms with Gasteiger partial charge in [0.25, 0.3) is 11.8 Å². The third-order valence-corrected chi connectivity index (χ3v) is 6.27. The van der Waals surface area contributed by atoms with E-state index in [-0.39, 0.29) is 23.9 Å². The SMILES string of the molecule is COc1cccc([C@H]2C[C@@H]3CCC[C@H]2N3N2C(=O)c3ccccc3C2=O)c1. The number of benzene rings is 2. The quantitative estimate of drug-likeness (QED) is 0.783. The summed E-state index contributed by atoms with van der Waals surface area (Å²) in [6.07, 6.45) is 4.11. The molecule has 0 aliphatic carbocycles. The molecule has 2 fully saturated rings. The predicted octanol–water partition coefficient (Wildman–Crippen LogP) is 3.62. The van der Waals surface area contributed by atoms with E-state index in [1.807, 2.05) is 24.3 Å². The van der Waals surface area contributed by atoms with Crippen LogP contribution in [0.1, 0.15) is 57.9 Å². The number of methoxy groups -OCH3 is 1. The van der Waals surface area contributed by atoms with E-state index in [0.717, 1.165) is 31.4 Å². The van der Waals surface area contributed by atoms with Crippen molar-refractivity contribution in [2.75, 3.05) is 7.11 Å². The van der Waals surface area contributed by atoms with Gasteiger partial charge in [0.2, 0.25) is 0 Å². The van der Waals surface area contributed by atoms with Crippen LogP contribution in [0.3, 0.4) is 0 Å². The van der Waals surface area contributed by atoms with Crippen molar-refractivity contribution >= 4 is 11.8 Å². The molecule has 3 aliphatic rings. The lowest BCUT2D eigenvalue weighted by atomic mass is 9.90. The number of amides is 2. The van der Waals surface area contributed by atoms with E-state index in [1.54, 1.807) is 19.2 Å². The van der Waals surface area contributed by atoms with Gasteiger partial charge in [0, 0.05) is 18.0 Å².